The van der Waals surface area contributed by atoms with Crippen LogP contribution in [0.2, 0.25) is 0 Å². The minimum Gasteiger partial charge on any atom is -0.396 e. The van der Waals surface area contributed by atoms with Crippen LogP contribution in [0.15, 0.2) is 48.7 Å². The van der Waals surface area contributed by atoms with Gasteiger partial charge in [0.05, 0.1) is 11.8 Å². The number of aryl methyl sites for hydroxylation is 1. The van der Waals surface area contributed by atoms with Gasteiger partial charge in [-0.05, 0) is 110 Å². The number of pyridine rings is 1. The molecular weight excluding hydrogens is 422 g/mol. The quantitative estimate of drug-likeness (QED) is 0.356. The molecule has 0 bridgehead atoms. The third-order valence-corrected chi connectivity index (χ3v) is 7.50. The fraction of sp³-hybridized carbons (Fsp3) is 0.414. The van der Waals surface area contributed by atoms with E-state index in [2.05, 4.69) is 58.9 Å². The van der Waals surface area contributed by atoms with Gasteiger partial charge in [0, 0.05) is 36.4 Å². The summed E-state index contributed by atoms with van der Waals surface area (Å²) in [5, 5.41) is 26.7. The summed E-state index contributed by atoms with van der Waals surface area (Å²) in [6.07, 6.45) is 8.42. The third kappa shape index (κ3) is 4.68. The molecule has 0 amide bonds. The Hall–Kier alpha value is -2.89. The van der Waals surface area contributed by atoms with Gasteiger partial charge < -0.3 is 20.8 Å². The second-order valence-corrected chi connectivity index (χ2v) is 9.69. The van der Waals surface area contributed by atoms with Gasteiger partial charge in [0.1, 0.15) is 0 Å². The molecule has 0 fully saturated rings. The Kier molecular flexibility index (Phi) is 6.84. The molecule has 2 aromatic carbocycles. The zero-order valence-electron chi connectivity index (χ0n) is 20.0. The molecule has 0 saturated heterocycles. The van der Waals surface area contributed by atoms with Gasteiger partial charge in [-0.15, -0.1) is 0 Å². The number of anilines is 3. The number of aliphatic hydroxyl groups excluding tert-OH is 2. The van der Waals surface area contributed by atoms with Crippen molar-refractivity contribution in [3.63, 3.8) is 0 Å². The first-order valence-electron chi connectivity index (χ1n) is 12.6. The van der Waals surface area contributed by atoms with Crippen LogP contribution in [0.25, 0.3) is 0 Å². The molecule has 0 aliphatic heterocycles. The second-order valence-electron chi connectivity index (χ2n) is 9.69. The van der Waals surface area contributed by atoms with Crippen molar-refractivity contribution in [1.82, 2.24) is 4.98 Å². The molecule has 2 unspecified atom stereocenters. The van der Waals surface area contributed by atoms with E-state index in [1.807, 2.05) is 6.07 Å². The molecular formula is C29H35N3O2. The number of aliphatic hydroxyl groups is 2. The van der Waals surface area contributed by atoms with Crippen molar-refractivity contribution in [2.24, 2.45) is 0 Å². The van der Waals surface area contributed by atoms with E-state index in [1.54, 1.807) is 6.20 Å². The summed E-state index contributed by atoms with van der Waals surface area (Å²) >= 11 is 0. The van der Waals surface area contributed by atoms with Crippen LogP contribution < -0.4 is 10.6 Å². The molecule has 0 radical (unpaired) electrons. The van der Waals surface area contributed by atoms with E-state index in [9.17, 15) is 10.2 Å². The van der Waals surface area contributed by atoms with E-state index in [4.69, 9.17) is 0 Å². The highest BCUT2D eigenvalue weighted by atomic mass is 16.3. The van der Waals surface area contributed by atoms with Crippen molar-refractivity contribution in [2.45, 2.75) is 63.9 Å². The summed E-state index contributed by atoms with van der Waals surface area (Å²) in [5.74, 6) is 0.584. The number of benzene rings is 2. The van der Waals surface area contributed by atoms with Crippen LogP contribution in [0.4, 0.5) is 17.1 Å². The Morgan fingerprint density at radius 3 is 2.79 bits per heavy atom. The summed E-state index contributed by atoms with van der Waals surface area (Å²) in [4.78, 5) is 4.36. The molecule has 5 nitrogen and oxygen atoms in total. The number of hydrogen-bond acceptors (Lipinski definition) is 5. The lowest BCUT2D eigenvalue weighted by Crippen LogP contribution is -2.16. The van der Waals surface area contributed by atoms with Crippen molar-refractivity contribution in [3.05, 3.63) is 82.2 Å². The molecule has 5 rings (SSSR count). The Morgan fingerprint density at radius 1 is 1.03 bits per heavy atom. The van der Waals surface area contributed by atoms with Crippen LogP contribution >= 0.6 is 0 Å². The molecule has 1 aromatic heterocycles. The summed E-state index contributed by atoms with van der Waals surface area (Å²) in [5.41, 5.74) is 10.7. The summed E-state index contributed by atoms with van der Waals surface area (Å²) in [6, 6.07) is 15.1. The van der Waals surface area contributed by atoms with Gasteiger partial charge >= 0.3 is 0 Å². The SMILES string of the molecule is Cc1cc(Nc2ccnc3c2CCC3O)ccc1NCCC1CCCc2c(CCO)cccc21. The van der Waals surface area contributed by atoms with E-state index >= 15 is 0 Å². The van der Waals surface area contributed by atoms with Crippen molar-refractivity contribution >= 4 is 17.1 Å². The Morgan fingerprint density at radius 2 is 1.94 bits per heavy atom. The lowest BCUT2D eigenvalue weighted by molar-refractivity contribution is 0.176. The molecule has 2 aliphatic rings. The lowest BCUT2D eigenvalue weighted by atomic mass is 9.79. The molecule has 178 valence electrons. The Bertz CT molecular complexity index is 1160. The average Bonchev–Trinajstić information content (AvgIpc) is 3.23. The van der Waals surface area contributed by atoms with Gasteiger partial charge in [-0.3, -0.25) is 4.98 Å². The predicted molar refractivity (Wildman–Crippen MR) is 138 cm³/mol. The number of aromatic nitrogens is 1. The zero-order chi connectivity index (χ0) is 23.5. The van der Waals surface area contributed by atoms with Crippen LogP contribution in [-0.2, 0) is 19.3 Å². The van der Waals surface area contributed by atoms with Gasteiger partial charge in [0.2, 0.25) is 0 Å². The third-order valence-electron chi connectivity index (χ3n) is 7.50. The molecule has 2 aliphatic carbocycles. The second kappa shape index (κ2) is 10.2. The topological polar surface area (TPSA) is 77.4 Å². The largest absolute Gasteiger partial charge is 0.396 e. The fourth-order valence-corrected chi connectivity index (χ4v) is 5.75. The summed E-state index contributed by atoms with van der Waals surface area (Å²) < 4.78 is 0. The van der Waals surface area contributed by atoms with Gasteiger partial charge in [-0.2, -0.15) is 0 Å². The van der Waals surface area contributed by atoms with Crippen LogP contribution in [0.5, 0.6) is 0 Å². The van der Waals surface area contributed by atoms with E-state index in [0.29, 0.717) is 5.92 Å². The highest BCUT2D eigenvalue weighted by Crippen LogP contribution is 2.37. The van der Waals surface area contributed by atoms with Crippen molar-refractivity contribution in [1.29, 1.82) is 0 Å². The predicted octanol–water partition coefficient (Wildman–Crippen LogP) is 5.57. The fourth-order valence-electron chi connectivity index (χ4n) is 5.75. The minimum atomic E-state index is -0.442. The van der Waals surface area contributed by atoms with Crippen LogP contribution in [0.3, 0.4) is 0 Å². The van der Waals surface area contributed by atoms with Crippen LogP contribution in [-0.4, -0.2) is 28.3 Å². The molecule has 4 N–H and O–H groups in total. The van der Waals surface area contributed by atoms with Gasteiger partial charge in [-0.1, -0.05) is 18.2 Å². The van der Waals surface area contributed by atoms with Gasteiger partial charge in [-0.25, -0.2) is 0 Å². The van der Waals surface area contributed by atoms with Gasteiger partial charge in [0.15, 0.2) is 0 Å². The number of nitrogens with one attached hydrogen (secondary N) is 2. The summed E-state index contributed by atoms with van der Waals surface area (Å²) in [6.45, 7) is 3.31. The normalized spacial score (nSPS) is 18.9. The van der Waals surface area contributed by atoms with Crippen molar-refractivity contribution in [2.75, 3.05) is 23.8 Å². The number of rotatable bonds is 8. The van der Waals surface area contributed by atoms with Crippen molar-refractivity contribution in [3.8, 4) is 0 Å². The lowest BCUT2D eigenvalue weighted by Gasteiger charge is -2.28. The first kappa shape index (κ1) is 22.9. The number of fused-ring (bicyclic) bond motifs is 2. The highest BCUT2D eigenvalue weighted by molar-refractivity contribution is 5.68. The first-order valence-corrected chi connectivity index (χ1v) is 12.6. The van der Waals surface area contributed by atoms with E-state index < -0.39 is 6.10 Å². The maximum atomic E-state index is 10.1. The molecule has 3 aromatic rings. The zero-order valence-corrected chi connectivity index (χ0v) is 20.0. The molecule has 0 saturated carbocycles. The van der Waals surface area contributed by atoms with E-state index in [1.165, 1.54) is 40.8 Å². The maximum absolute atomic E-state index is 10.1. The Balaban J connectivity index is 1.22. The van der Waals surface area contributed by atoms with E-state index in [0.717, 1.165) is 61.3 Å². The van der Waals surface area contributed by atoms with E-state index in [-0.39, 0.29) is 6.61 Å². The molecule has 5 heteroatoms. The monoisotopic (exact) mass is 457 g/mol. The molecule has 0 spiro atoms. The summed E-state index contributed by atoms with van der Waals surface area (Å²) in [7, 11) is 0. The average molecular weight is 458 g/mol. The Labute approximate surface area is 202 Å². The maximum Gasteiger partial charge on any atom is 0.0966 e. The van der Waals surface area contributed by atoms with Gasteiger partial charge in [0.25, 0.3) is 0 Å². The smallest absolute Gasteiger partial charge is 0.0966 e. The minimum absolute atomic E-state index is 0.221. The van der Waals surface area contributed by atoms with Crippen LogP contribution in [0, 0.1) is 6.92 Å². The molecule has 2 atom stereocenters. The first-order chi connectivity index (χ1) is 16.6. The standard InChI is InChI=1S/C29H35N3O2/c1-19-18-22(32-27-13-16-31-29-25(27)9-11-28(29)34)8-10-26(19)30-15-12-20-4-2-7-24-21(14-17-33)5-3-6-23(20)24/h3,5-6,8,10,13,16,18,20,28,30,33-34H,2,4,7,9,11-12,14-15,17H2,1H3,(H,31,32). The molecule has 34 heavy (non-hydrogen) atoms. The van der Waals surface area contributed by atoms with Crippen LogP contribution in [0.1, 0.15) is 71.2 Å². The number of nitrogens with zero attached hydrogens (tertiary/aromatic N) is 1. The highest BCUT2D eigenvalue weighted by Gasteiger charge is 2.24. The van der Waals surface area contributed by atoms with Crippen molar-refractivity contribution < 1.29 is 10.2 Å². The molecule has 1 heterocycles. The number of hydrogen-bond donors (Lipinski definition) is 4.